The Morgan fingerprint density at radius 3 is 1.38 bits per heavy atom. The van der Waals surface area contributed by atoms with Gasteiger partial charge in [-0.15, -0.1) is 0 Å². The number of ether oxygens (including phenoxy) is 2. The minimum Gasteiger partial charge on any atom is -0.381 e. The van der Waals surface area contributed by atoms with Crippen LogP contribution in [0.25, 0.3) is 0 Å². The Morgan fingerprint density at radius 2 is 1.05 bits per heavy atom. The molecule has 0 radical (unpaired) electrons. The molecule has 2 aromatic carbocycles. The highest BCUT2D eigenvalue weighted by Gasteiger charge is 2.41. The van der Waals surface area contributed by atoms with E-state index in [-0.39, 0.29) is 0 Å². The Bertz CT molecular complexity index is 464. The van der Waals surface area contributed by atoms with E-state index >= 15 is 0 Å². The Labute approximate surface area is 128 Å². The molecule has 0 saturated heterocycles. The topological polar surface area (TPSA) is 18.5 Å². The van der Waals surface area contributed by atoms with Crippen molar-refractivity contribution in [3.05, 3.63) is 60.7 Å². The zero-order valence-electron chi connectivity index (χ0n) is 12.9. The number of methoxy groups -OCH3 is 2. The summed E-state index contributed by atoms with van der Waals surface area (Å²) in [7, 11) is 2.07. The van der Waals surface area contributed by atoms with Crippen LogP contribution in [-0.2, 0) is 9.47 Å². The second kappa shape index (κ2) is 8.29. The van der Waals surface area contributed by atoms with Gasteiger partial charge >= 0.3 is 0 Å². The van der Waals surface area contributed by atoms with Gasteiger partial charge in [0.15, 0.2) is 0 Å². The lowest BCUT2D eigenvalue weighted by Gasteiger charge is -2.27. The fourth-order valence-electron chi connectivity index (χ4n) is 2.70. The first kappa shape index (κ1) is 16.2. The van der Waals surface area contributed by atoms with Crippen molar-refractivity contribution in [2.45, 2.75) is 0 Å². The van der Waals surface area contributed by atoms with E-state index in [0.717, 1.165) is 25.5 Å². The van der Waals surface area contributed by atoms with Gasteiger partial charge in [-0.1, -0.05) is 36.4 Å². The molecule has 0 aliphatic heterocycles. The molecule has 112 valence electrons. The monoisotopic (exact) mass is 303 g/mol. The van der Waals surface area contributed by atoms with Crippen LogP contribution >= 0.6 is 7.26 Å². The van der Waals surface area contributed by atoms with Gasteiger partial charge in [0.1, 0.15) is 0 Å². The van der Waals surface area contributed by atoms with E-state index in [9.17, 15) is 0 Å². The molecule has 0 aliphatic carbocycles. The van der Waals surface area contributed by atoms with Gasteiger partial charge < -0.3 is 9.47 Å². The van der Waals surface area contributed by atoms with Gasteiger partial charge in [0, 0.05) is 14.2 Å². The zero-order valence-corrected chi connectivity index (χ0v) is 13.8. The van der Waals surface area contributed by atoms with Gasteiger partial charge in [-0.05, 0) is 24.3 Å². The molecule has 0 amide bonds. The first-order chi connectivity index (χ1) is 10.3. The predicted molar refractivity (Wildman–Crippen MR) is 92.6 cm³/mol. The van der Waals surface area contributed by atoms with Crippen molar-refractivity contribution in [3.8, 4) is 0 Å². The number of hydrogen-bond acceptors (Lipinski definition) is 2. The van der Waals surface area contributed by atoms with Crippen LogP contribution in [0.2, 0.25) is 0 Å². The smallest absolute Gasteiger partial charge is 0.0993 e. The van der Waals surface area contributed by atoms with Gasteiger partial charge in [0.05, 0.1) is 43.4 Å². The van der Waals surface area contributed by atoms with Gasteiger partial charge in [0.2, 0.25) is 0 Å². The van der Waals surface area contributed by atoms with E-state index < -0.39 is 7.26 Å². The summed E-state index contributed by atoms with van der Waals surface area (Å²) in [6, 6.07) is 21.7. The van der Waals surface area contributed by atoms with Crippen LogP contribution < -0.4 is 10.6 Å². The van der Waals surface area contributed by atoms with E-state index in [2.05, 4.69) is 60.7 Å². The standard InChI is InChI=1S/C18H24O2P/c1-19-13-15-21(16-14-20-2,17-9-5-3-6-10-17)18-11-7-4-8-12-18/h3-12H,13-16H2,1-2H3/q+1. The quantitative estimate of drug-likeness (QED) is 0.698. The van der Waals surface area contributed by atoms with Crippen molar-refractivity contribution in [3.63, 3.8) is 0 Å². The molecule has 0 fully saturated rings. The van der Waals surface area contributed by atoms with E-state index in [0.29, 0.717) is 0 Å². The maximum atomic E-state index is 5.41. The highest BCUT2D eigenvalue weighted by Crippen LogP contribution is 2.55. The Morgan fingerprint density at radius 1 is 0.667 bits per heavy atom. The molecule has 2 aromatic rings. The molecule has 0 heterocycles. The molecule has 0 aliphatic rings. The van der Waals surface area contributed by atoms with Crippen molar-refractivity contribution < 1.29 is 9.47 Å². The molecule has 0 N–H and O–H groups in total. The van der Waals surface area contributed by atoms with Gasteiger partial charge in [0.25, 0.3) is 0 Å². The van der Waals surface area contributed by atoms with Crippen molar-refractivity contribution in [2.24, 2.45) is 0 Å². The summed E-state index contributed by atoms with van der Waals surface area (Å²) in [5.74, 6) is 0. The number of rotatable bonds is 8. The fourth-order valence-corrected chi connectivity index (χ4v) is 6.73. The van der Waals surface area contributed by atoms with Crippen molar-refractivity contribution in [1.82, 2.24) is 0 Å². The maximum Gasteiger partial charge on any atom is 0.0993 e. The Balaban J connectivity index is 2.48. The Hall–Kier alpha value is -1.21. The normalized spacial score (nSPS) is 11.5. The molecule has 0 unspecified atom stereocenters. The Kier molecular flexibility index (Phi) is 6.38. The summed E-state index contributed by atoms with van der Waals surface area (Å²) in [6.07, 6.45) is 2.11. The first-order valence-corrected chi connectivity index (χ1v) is 9.45. The summed E-state index contributed by atoms with van der Waals surface area (Å²) in [5, 5.41) is 2.87. The van der Waals surface area contributed by atoms with Gasteiger partial charge in [-0.2, -0.15) is 0 Å². The van der Waals surface area contributed by atoms with E-state index in [4.69, 9.17) is 9.47 Å². The summed E-state index contributed by atoms with van der Waals surface area (Å²) >= 11 is 0. The molecule has 2 rings (SSSR count). The maximum absolute atomic E-state index is 5.41. The van der Waals surface area contributed by atoms with E-state index in [1.54, 1.807) is 14.2 Å². The molecule has 0 bridgehead atoms. The second-order valence-electron chi connectivity index (χ2n) is 5.07. The molecular formula is C18H24O2P+. The molecule has 3 heteroatoms. The molecule has 0 saturated carbocycles. The molecule has 2 nitrogen and oxygen atoms in total. The SMILES string of the molecule is COCC[P+](CCOC)(c1ccccc1)c1ccccc1. The lowest BCUT2D eigenvalue weighted by atomic mass is 10.4. The summed E-state index contributed by atoms with van der Waals surface area (Å²) in [6.45, 7) is 1.56. The average Bonchev–Trinajstić information content (AvgIpc) is 2.57. The minimum absolute atomic E-state index is 0.779. The van der Waals surface area contributed by atoms with Crippen LogP contribution in [0.15, 0.2) is 60.7 Å². The third-order valence-corrected chi connectivity index (χ3v) is 8.32. The lowest BCUT2D eigenvalue weighted by Crippen LogP contribution is -2.30. The summed E-state index contributed by atoms with van der Waals surface area (Å²) in [4.78, 5) is 0. The molecule has 0 aromatic heterocycles. The lowest BCUT2D eigenvalue weighted by molar-refractivity contribution is 0.213. The van der Waals surface area contributed by atoms with Crippen LogP contribution in [0.1, 0.15) is 0 Å². The van der Waals surface area contributed by atoms with E-state index in [1.807, 2.05) is 0 Å². The molecule has 0 spiro atoms. The van der Waals surface area contributed by atoms with Crippen LogP contribution in [0.5, 0.6) is 0 Å². The summed E-state index contributed by atoms with van der Waals surface area (Å²) in [5.41, 5.74) is 0. The molecule has 0 atom stereocenters. The third kappa shape index (κ3) is 3.91. The van der Waals surface area contributed by atoms with Crippen LogP contribution in [0.4, 0.5) is 0 Å². The number of benzene rings is 2. The zero-order chi connectivity index (χ0) is 15.0. The van der Waals surface area contributed by atoms with Crippen LogP contribution in [-0.4, -0.2) is 39.8 Å². The van der Waals surface area contributed by atoms with Crippen LogP contribution in [0, 0.1) is 0 Å². The predicted octanol–water partition coefficient (Wildman–Crippen LogP) is 2.95. The largest absolute Gasteiger partial charge is 0.381 e. The molecule has 21 heavy (non-hydrogen) atoms. The average molecular weight is 303 g/mol. The highest BCUT2D eigenvalue weighted by atomic mass is 31.2. The fraction of sp³-hybridized carbons (Fsp3) is 0.333. The van der Waals surface area contributed by atoms with Gasteiger partial charge in [-0.25, -0.2) is 0 Å². The van der Waals surface area contributed by atoms with Crippen molar-refractivity contribution >= 4 is 17.9 Å². The highest BCUT2D eigenvalue weighted by molar-refractivity contribution is 7.89. The number of hydrogen-bond donors (Lipinski definition) is 0. The van der Waals surface area contributed by atoms with Crippen molar-refractivity contribution in [1.29, 1.82) is 0 Å². The van der Waals surface area contributed by atoms with Crippen LogP contribution in [0.3, 0.4) is 0 Å². The van der Waals surface area contributed by atoms with Crippen molar-refractivity contribution in [2.75, 3.05) is 39.8 Å². The molecular weight excluding hydrogens is 279 g/mol. The first-order valence-electron chi connectivity index (χ1n) is 7.29. The third-order valence-electron chi connectivity index (χ3n) is 3.86. The second-order valence-corrected chi connectivity index (χ2v) is 8.93. The minimum atomic E-state index is -1.48. The van der Waals surface area contributed by atoms with E-state index in [1.165, 1.54) is 10.6 Å². The summed E-state index contributed by atoms with van der Waals surface area (Å²) < 4.78 is 10.8. The van der Waals surface area contributed by atoms with Gasteiger partial charge in [-0.3, -0.25) is 0 Å².